The summed E-state index contributed by atoms with van der Waals surface area (Å²) in [7, 11) is -1.81. The maximum Gasteiger partial charge on any atom is 0.338 e. The van der Waals surface area contributed by atoms with E-state index in [2.05, 4.69) is 57.5 Å². The second kappa shape index (κ2) is 8.69. The van der Waals surface area contributed by atoms with Gasteiger partial charge in [0.25, 0.3) is 0 Å². The fraction of sp³-hybridized carbons (Fsp3) is 0.423. The number of carbonyl (C=O) groups excluding carboxylic acids is 1. The first kappa shape index (κ1) is 22.2. The van der Waals surface area contributed by atoms with Crippen LogP contribution in [0.5, 0.6) is 5.75 Å². The van der Waals surface area contributed by atoms with Crippen molar-refractivity contribution in [2.45, 2.75) is 65.1 Å². The summed E-state index contributed by atoms with van der Waals surface area (Å²) < 4.78 is 11.7. The molecule has 1 aliphatic rings. The Balaban J connectivity index is 2.00. The lowest BCUT2D eigenvalue weighted by Gasteiger charge is -2.36. The van der Waals surface area contributed by atoms with Crippen LogP contribution in [0.25, 0.3) is 0 Å². The SMILES string of the molecule is CCOC(=O)c1ccc(C#Cc2ccc3c(c2O[Si](C)(C)C)C(C)(C)CCC3)cc1. The largest absolute Gasteiger partial charge is 0.543 e. The molecule has 2 aromatic carbocycles. The molecule has 0 radical (unpaired) electrons. The average Bonchev–Trinajstić information content (AvgIpc) is 2.66. The van der Waals surface area contributed by atoms with Crippen molar-refractivity contribution in [3.8, 4) is 17.6 Å². The molecule has 0 saturated heterocycles. The van der Waals surface area contributed by atoms with E-state index in [9.17, 15) is 4.79 Å². The van der Waals surface area contributed by atoms with Gasteiger partial charge >= 0.3 is 5.97 Å². The third kappa shape index (κ3) is 5.15. The minimum atomic E-state index is -1.81. The lowest BCUT2D eigenvalue weighted by molar-refractivity contribution is 0.0526. The third-order valence-corrected chi connectivity index (χ3v) is 6.13. The predicted molar refractivity (Wildman–Crippen MR) is 125 cm³/mol. The summed E-state index contributed by atoms with van der Waals surface area (Å²) in [5.74, 6) is 7.27. The lowest BCUT2D eigenvalue weighted by Crippen LogP contribution is -2.33. The van der Waals surface area contributed by atoms with Crippen LogP contribution in [0.4, 0.5) is 0 Å². The fourth-order valence-electron chi connectivity index (χ4n) is 3.97. The van der Waals surface area contributed by atoms with Crippen molar-refractivity contribution in [2.24, 2.45) is 0 Å². The van der Waals surface area contributed by atoms with Crippen molar-refractivity contribution in [1.82, 2.24) is 0 Å². The Kier molecular flexibility index (Phi) is 6.43. The summed E-state index contributed by atoms with van der Waals surface area (Å²) in [6, 6.07) is 11.6. The number of aryl methyl sites for hydroxylation is 1. The van der Waals surface area contributed by atoms with Crippen molar-refractivity contribution in [2.75, 3.05) is 6.61 Å². The van der Waals surface area contributed by atoms with E-state index in [0.717, 1.165) is 29.7 Å². The Labute approximate surface area is 181 Å². The molecule has 30 heavy (non-hydrogen) atoms. The smallest absolute Gasteiger partial charge is 0.338 e. The van der Waals surface area contributed by atoms with Gasteiger partial charge < -0.3 is 9.16 Å². The van der Waals surface area contributed by atoms with Gasteiger partial charge in [-0.15, -0.1) is 0 Å². The molecule has 0 atom stereocenters. The number of rotatable bonds is 4. The first-order valence-electron chi connectivity index (χ1n) is 10.8. The number of esters is 1. The molecule has 0 aliphatic heterocycles. The Morgan fingerprint density at radius 3 is 2.40 bits per heavy atom. The van der Waals surface area contributed by atoms with Crippen LogP contribution in [0.2, 0.25) is 19.6 Å². The van der Waals surface area contributed by atoms with Gasteiger partial charge in [0.1, 0.15) is 5.75 Å². The van der Waals surface area contributed by atoms with E-state index in [1.807, 2.05) is 12.1 Å². The molecule has 0 heterocycles. The van der Waals surface area contributed by atoms with Crippen molar-refractivity contribution < 1.29 is 14.0 Å². The quantitative estimate of drug-likeness (QED) is 0.341. The second-order valence-corrected chi connectivity index (χ2v) is 13.9. The van der Waals surface area contributed by atoms with Gasteiger partial charge in [-0.05, 0) is 87.1 Å². The number of fused-ring (bicyclic) bond motifs is 1. The third-order valence-electron chi connectivity index (χ3n) is 5.31. The van der Waals surface area contributed by atoms with Crippen LogP contribution in [-0.2, 0) is 16.6 Å². The van der Waals surface area contributed by atoms with Crippen LogP contribution in [0.3, 0.4) is 0 Å². The van der Waals surface area contributed by atoms with Gasteiger partial charge in [-0.1, -0.05) is 31.8 Å². The molecule has 3 nitrogen and oxygen atoms in total. The molecule has 4 heteroatoms. The Bertz CT molecular complexity index is 986. The average molecular weight is 421 g/mol. The van der Waals surface area contributed by atoms with Crippen LogP contribution in [0, 0.1) is 11.8 Å². The van der Waals surface area contributed by atoms with E-state index in [0.29, 0.717) is 12.2 Å². The van der Waals surface area contributed by atoms with Crippen molar-refractivity contribution >= 4 is 14.3 Å². The van der Waals surface area contributed by atoms with E-state index >= 15 is 0 Å². The van der Waals surface area contributed by atoms with Crippen LogP contribution >= 0.6 is 0 Å². The van der Waals surface area contributed by atoms with Crippen molar-refractivity contribution in [3.63, 3.8) is 0 Å². The number of hydrogen-bond acceptors (Lipinski definition) is 3. The fourth-order valence-corrected chi connectivity index (χ4v) is 4.80. The number of benzene rings is 2. The summed E-state index contributed by atoms with van der Waals surface area (Å²) in [5.41, 5.74) is 5.16. The van der Waals surface area contributed by atoms with E-state index in [-0.39, 0.29) is 11.4 Å². The second-order valence-electron chi connectivity index (χ2n) is 9.48. The monoisotopic (exact) mass is 420 g/mol. The highest BCUT2D eigenvalue weighted by Crippen LogP contribution is 2.44. The highest BCUT2D eigenvalue weighted by molar-refractivity contribution is 6.70. The number of carbonyl (C=O) groups is 1. The van der Waals surface area contributed by atoms with Crippen LogP contribution in [-0.4, -0.2) is 20.9 Å². The molecule has 158 valence electrons. The standard InChI is InChI=1S/C26H32O3Si/c1-7-28-25(27)22-14-11-19(12-15-22)10-13-21-17-16-20-9-8-18-26(2,3)23(20)24(21)29-30(4,5)6/h11-12,14-17H,7-9,18H2,1-6H3. The molecule has 3 rings (SSSR count). The molecule has 0 unspecified atom stereocenters. The summed E-state index contributed by atoms with van der Waals surface area (Å²) in [4.78, 5) is 11.8. The van der Waals surface area contributed by atoms with Gasteiger partial charge in [0.15, 0.2) is 0 Å². The number of hydrogen-bond donors (Lipinski definition) is 0. The summed E-state index contributed by atoms with van der Waals surface area (Å²) in [5, 5.41) is 0. The first-order valence-corrected chi connectivity index (χ1v) is 14.2. The minimum Gasteiger partial charge on any atom is -0.543 e. The van der Waals surface area contributed by atoms with E-state index in [1.165, 1.54) is 17.5 Å². The summed E-state index contributed by atoms with van der Waals surface area (Å²) >= 11 is 0. The van der Waals surface area contributed by atoms with E-state index in [1.54, 1.807) is 19.1 Å². The van der Waals surface area contributed by atoms with Crippen LogP contribution < -0.4 is 4.43 Å². The molecular weight excluding hydrogens is 388 g/mol. The lowest BCUT2D eigenvalue weighted by atomic mass is 9.72. The number of ether oxygens (including phenoxy) is 1. The molecule has 0 bridgehead atoms. The van der Waals surface area contributed by atoms with Gasteiger partial charge in [-0.2, -0.15) is 0 Å². The maximum absolute atomic E-state index is 11.8. The van der Waals surface area contributed by atoms with E-state index in [4.69, 9.17) is 9.16 Å². The van der Waals surface area contributed by atoms with Gasteiger partial charge in [0.2, 0.25) is 8.32 Å². The van der Waals surface area contributed by atoms with Crippen molar-refractivity contribution in [3.05, 3.63) is 64.2 Å². The van der Waals surface area contributed by atoms with E-state index < -0.39 is 8.32 Å². The van der Waals surface area contributed by atoms with Gasteiger partial charge in [-0.3, -0.25) is 0 Å². The molecule has 0 saturated carbocycles. The van der Waals surface area contributed by atoms with Crippen molar-refractivity contribution in [1.29, 1.82) is 0 Å². The molecule has 0 N–H and O–H groups in total. The maximum atomic E-state index is 11.8. The highest BCUT2D eigenvalue weighted by Gasteiger charge is 2.33. The Morgan fingerprint density at radius 2 is 1.77 bits per heavy atom. The molecule has 0 fully saturated rings. The minimum absolute atomic E-state index is 0.0849. The summed E-state index contributed by atoms with van der Waals surface area (Å²) in [6.45, 7) is 13.4. The zero-order valence-corrected chi connectivity index (χ0v) is 20.0. The molecular formula is C26H32O3Si. The molecule has 0 spiro atoms. The van der Waals surface area contributed by atoms with Crippen LogP contribution in [0.15, 0.2) is 36.4 Å². The van der Waals surface area contributed by atoms with Gasteiger partial charge in [0.05, 0.1) is 17.7 Å². The normalized spacial score (nSPS) is 14.9. The van der Waals surface area contributed by atoms with Gasteiger partial charge in [-0.25, -0.2) is 4.79 Å². The Morgan fingerprint density at radius 1 is 1.07 bits per heavy atom. The zero-order valence-electron chi connectivity index (χ0n) is 19.0. The predicted octanol–water partition coefficient (Wildman–Crippen LogP) is 6.09. The first-order chi connectivity index (χ1) is 14.1. The van der Waals surface area contributed by atoms with Crippen LogP contribution in [0.1, 0.15) is 66.2 Å². The zero-order chi connectivity index (χ0) is 21.9. The topological polar surface area (TPSA) is 35.5 Å². The molecule has 1 aliphatic carbocycles. The highest BCUT2D eigenvalue weighted by atomic mass is 28.4. The molecule has 0 aromatic heterocycles. The van der Waals surface area contributed by atoms with Gasteiger partial charge in [0, 0.05) is 11.1 Å². The summed E-state index contributed by atoms with van der Waals surface area (Å²) in [6.07, 6.45) is 3.47. The Hall–Kier alpha value is -2.51. The molecule has 2 aromatic rings. The molecule has 0 amide bonds.